The number of ether oxygens (including phenoxy) is 1. The second kappa shape index (κ2) is 14.3. The Labute approximate surface area is 366 Å². The molecule has 1 amide bonds. The van der Waals surface area contributed by atoms with E-state index < -0.39 is 29.2 Å². The smallest absolute Gasteiger partial charge is 0.376 e. The molecule has 64 heavy (non-hydrogen) atoms. The first-order valence-electron chi connectivity index (χ1n) is 22.0. The van der Waals surface area contributed by atoms with E-state index in [1.165, 1.54) is 11.8 Å². The Morgan fingerprint density at radius 3 is 2.47 bits per heavy atom. The Morgan fingerprint density at radius 2 is 1.75 bits per heavy atom. The summed E-state index contributed by atoms with van der Waals surface area (Å²) >= 11 is 0. The Balaban J connectivity index is 1.01. The van der Waals surface area contributed by atoms with Crippen molar-refractivity contribution in [3.05, 3.63) is 122 Å². The van der Waals surface area contributed by atoms with Gasteiger partial charge >= 0.3 is 5.76 Å². The third-order valence-corrected chi connectivity index (χ3v) is 14.3. The maximum atomic E-state index is 16.1. The fourth-order valence-corrected chi connectivity index (χ4v) is 10.8. The molecule has 5 atom stereocenters. The van der Waals surface area contributed by atoms with Crippen molar-refractivity contribution in [1.82, 2.24) is 39.2 Å². The minimum absolute atomic E-state index is 0.0291. The van der Waals surface area contributed by atoms with Crippen molar-refractivity contribution >= 4 is 33.5 Å². The molecule has 330 valence electrons. The summed E-state index contributed by atoms with van der Waals surface area (Å²) in [6.45, 7) is 13.0. The van der Waals surface area contributed by atoms with Crippen LogP contribution in [0.25, 0.3) is 27.5 Å². The molecule has 0 spiro atoms. The molecule has 4 aliphatic rings. The van der Waals surface area contributed by atoms with E-state index in [-0.39, 0.29) is 35.7 Å². The number of fused-ring (bicyclic) bond motifs is 3. The van der Waals surface area contributed by atoms with Gasteiger partial charge in [0.25, 0.3) is 5.91 Å². The number of carbonyl (C=O) groups excluding carboxylic acids is 1. The number of rotatable bonds is 7. The number of halogens is 2. The van der Waals surface area contributed by atoms with Crippen LogP contribution in [0.3, 0.4) is 0 Å². The molecular formula is C47H49F2N11O4. The summed E-state index contributed by atoms with van der Waals surface area (Å²) in [7, 11) is 1.77. The molecule has 0 radical (unpaired) electrons. The molecule has 1 N–H and O–H groups in total. The molecule has 3 aromatic carbocycles. The number of aromatic amines is 1. The van der Waals surface area contributed by atoms with Crippen LogP contribution in [0.1, 0.15) is 115 Å². The molecule has 7 heterocycles. The van der Waals surface area contributed by atoms with Crippen LogP contribution in [0.15, 0.2) is 74.4 Å². The number of amides is 1. The van der Waals surface area contributed by atoms with Crippen molar-refractivity contribution < 1.29 is 22.8 Å². The molecule has 11 rings (SSSR count). The Bertz CT molecular complexity index is 3130. The number of anilines is 1. The average Bonchev–Trinajstić information content (AvgIpc) is 3.94. The topological polar surface area (TPSA) is 157 Å². The van der Waals surface area contributed by atoms with Gasteiger partial charge in [0.2, 0.25) is 0 Å². The largest absolute Gasteiger partial charge is 0.438 e. The van der Waals surface area contributed by atoms with Gasteiger partial charge in [0.05, 0.1) is 46.7 Å². The van der Waals surface area contributed by atoms with E-state index in [1.807, 2.05) is 24.0 Å². The number of hydrogen-bond acceptors (Lipinski definition) is 10. The lowest BCUT2D eigenvalue weighted by Crippen LogP contribution is -2.41. The van der Waals surface area contributed by atoms with Crippen LogP contribution in [-0.2, 0) is 23.7 Å². The first kappa shape index (κ1) is 40.3. The van der Waals surface area contributed by atoms with Crippen molar-refractivity contribution in [3.8, 4) is 5.69 Å². The number of aryl methyl sites for hydroxylation is 3. The summed E-state index contributed by atoms with van der Waals surface area (Å²) in [6, 6.07) is 14.3. The molecule has 3 aliphatic heterocycles. The second-order valence-corrected chi connectivity index (χ2v) is 18.8. The van der Waals surface area contributed by atoms with Crippen molar-refractivity contribution in [1.29, 1.82) is 0 Å². The fraction of sp³-hybridized carbons (Fsp3) is 0.426. The molecule has 17 heteroatoms. The molecule has 1 unspecified atom stereocenters. The van der Waals surface area contributed by atoms with Gasteiger partial charge in [-0.25, -0.2) is 23.3 Å². The van der Waals surface area contributed by atoms with Crippen LogP contribution < -0.4 is 10.8 Å². The van der Waals surface area contributed by atoms with Gasteiger partial charge in [-0.1, -0.05) is 29.4 Å². The number of hydrogen-bond donors (Lipinski definition) is 1. The highest BCUT2D eigenvalue weighted by Gasteiger charge is 2.59. The van der Waals surface area contributed by atoms with E-state index in [0.29, 0.717) is 76.6 Å². The lowest BCUT2D eigenvalue weighted by atomic mass is 9.83. The summed E-state index contributed by atoms with van der Waals surface area (Å²) in [4.78, 5) is 32.6. The van der Waals surface area contributed by atoms with Crippen LogP contribution in [0.2, 0.25) is 0 Å². The van der Waals surface area contributed by atoms with Crippen LogP contribution in [0.5, 0.6) is 0 Å². The van der Waals surface area contributed by atoms with Gasteiger partial charge < -0.3 is 14.2 Å². The quantitative estimate of drug-likeness (QED) is 0.167. The number of aromatic nitrogens is 7. The van der Waals surface area contributed by atoms with Crippen LogP contribution in [-0.4, -0.2) is 70.4 Å². The van der Waals surface area contributed by atoms with Crippen molar-refractivity contribution in [2.45, 2.75) is 96.4 Å². The Hall–Kier alpha value is -6.49. The van der Waals surface area contributed by atoms with Crippen LogP contribution in [0.4, 0.5) is 14.6 Å². The minimum Gasteiger partial charge on any atom is -0.376 e. The molecule has 7 aromatic rings. The van der Waals surface area contributed by atoms with Crippen LogP contribution >= 0.6 is 0 Å². The number of benzene rings is 3. The molecule has 15 nitrogen and oxygen atoms in total. The first-order chi connectivity index (χ1) is 30.6. The van der Waals surface area contributed by atoms with Gasteiger partial charge in [-0.3, -0.25) is 19.0 Å². The first-order valence-corrected chi connectivity index (χ1v) is 22.0. The van der Waals surface area contributed by atoms with Crippen molar-refractivity contribution in [2.75, 3.05) is 24.7 Å². The molecule has 2 fully saturated rings. The highest BCUT2D eigenvalue weighted by Crippen LogP contribution is 2.56. The zero-order valence-corrected chi connectivity index (χ0v) is 36.8. The van der Waals surface area contributed by atoms with E-state index in [9.17, 15) is 4.79 Å². The summed E-state index contributed by atoms with van der Waals surface area (Å²) in [5, 5.41) is 25.8. The summed E-state index contributed by atoms with van der Waals surface area (Å²) in [6.07, 6.45) is 4.34. The van der Waals surface area contributed by atoms with Crippen molar-refractivity contribution in [3.63, 3.8) is 0 Å². The molecule has 1 saturated carbocycles. The third kappa shape index (κ3) is 6.09. The van der Waals surface area contributed by atoms with Gasteiger partial charge in [0.1, 0.15) is 28.9 Å². The van der Waals surface area contributed by atoms with Gasteiger partial charge in [0, 0.05) is 48.6 Å². The third-order valence-electron chi connectivity index (χ3n) is 14.3. The fourth-order valence-electron chi connectivity index (χ4n) is 10.8. The maximum absolute atomic E-state index is 16.1. The van der Waals surface area contributed by atoms with Gasteiger partial charge in [-0.15, -0.1) is 0 Å². The van der Waals surface area contributed by atoms with E-state index in [2.05, 4.69) is 69.1 Å². The van der Waals surface area contributed by atoms with Gasteiger partial charge in [-0.2, -0.15) is 15.3 Å². The van der Waals surface area contributed by atoms with E-state index in [1.54, 1.807) is 53.5 Å². The van der Waals surface area contributed by atoms with E-state index in [4.69, 9.17) is 14.4 Å². The highest BCUT2D eigenvalue weighted by atomic mass is 19.1. The number of H-pyrrole nitrogens is 1. The zero-order valence-electron chi connectivity index (χ0n) is 36.8. The predicted octanol–water partition coefficient (Wildman–Crippen LogP) is 8.43. The molecular weight excluding hydrogens is 821 g/mol. The average molecular weight is 870 g/mol. The normalized spacial score (nSPS) is 24.0. The molecule has 1 saturated heterocycles. The zero-order chi connectivity index (χ0) is 44.6. The lowest BCUT2D eigenvalue weighted by molar-refractivity contribution is -0.0592. The van der Waals surface area contributed by atoms with E-state index in [0.717, 1.165) is 35.0 Å². The summed E-state index contributed by atoms with van der Waals surface area (Å²) in [5.74, 6) is -0.299. The van der Waals surface area contributed by atoms with Gasteiger partial charge in [-0.05, 0) is 119 Å². The summed E-state index contributed by atoms with van der Waals surface area (Å²) < 4.78 is 47.7. The van der Waals surface area contributed by atoms with Crippen molar-refractivity contribution in [2.24, 2.45) is 23.3 Å². The second-order valence-electron chi connectivity index (χ2n) is 18.8. The van der Waals surface area contributed by atoms with Crippen LogP contribution in [0, 0.1) is 31.4 Å². The number of nitrogens with one attached hydrogen (secondary N) is 1. The predicted molar refractivity (Wildman–Crippen MR) is 234 cm³/mol. The standard InChI is InChI=1S/C47H49F2N11O4/c1-24-16-31(17-25(2)40(24)48)60-42(58-23-35(52-55-58)32-9-11-37-33(41(32)49)22-50-56(37)7)39-27(4)57(14-12-34(39)53-60)43(61)38-19-30-18-28(29-13-15-63-46(5,6)21-29)8-10-36(30)59(38)47(20-26(47)3)44-51-45(62)64-54-44/h8-11,16-19,22,26-27,29,35H,12-15,20-21,23H2,1-7H3,(H,51,54,62)/t26-,27-,29-,35?,47-/m0/s1. The number of nitrogens with zero attached hydrogens (tertiary/aromatic N) is 10. The Kier molecular flexibility index (Phi) is 8.98. The minimum atomic E-state index is -0.821. The molecule has 4 aromatic heterocycles. The monoisotopic (exact) mass is 869 g/mol. The maximum Gasteiger partial charge on any atom is 0.438 e. The SMILES string of the molecule is Cc1cc(-n2nc3c(c2N2CC(c4ccc5c(cnn5C)c4F)N=N2)[C@H](C)N(C(=O)c2cc4cc([C@H]5CCOC(C)(C)C5)ccc4n2[C@@]2(c4noc(=O)[nH]4)C[C@@H]2C)CC3)cc(C)c1F. The highest BCUT2D eigenvalue weighted by molar-refractivity contribution is 6.00. The molecule has 0 bridgehead atoms. The van der Waals surface area contributed by atoms with Gasteiger partial charge in [0.15, 0.2) is 11.6 Å². The molecule has 1 aliphatic carbocycles. The summed E-state index contributed by atoms with van der Waals surface area (Å²) in [5.41, 5.74) is 5.57. The number of carbonyl (C=O) groups is 1. The Morgan fingerprint density at radius 1 is 0.984 bits per heavy atom. The van der Waals surface area contributed by atoms with E-state index >= 15 is 13.6 Å². The lowest BCUT2D eigenvalue weighted by Gasteiger charge is -2.35.